The molecule has 1 aromatic heterocycles. The van der Waals surface area contributed by atoms with E-state index >= 15 is 0 Å². The molecule has 1 aliphatic rings. The fraction of sp³-hybridized carbons (Fsp3) is 0.500. The fourth-order valence-electron chi connectivity index (χ4n) is 1.63. The number of aliphatic hydroxyl groups excluding tert-OH is 1. The Labute approximate surface area is 84.7 Å². The Morgan fingerprint density at radius 2 is 2.50 bits per heavy atom. The van der Waals surface area contributed by atoms with Gasteiger partial charge in [-0.2, -0.15) is 0 Å². The molecule has 0 aliphatic carbocycles. The fourth-order valence-corrected chi connectivity index (χ4v) is 2.36. The molecule has 0 radical (unpaired) electrons. The number of hydrogen-bond donors (Lipinski definition) is 1. The van der Waals surface area contributed by atoms with Crippen molar-refractivity contribution in [1.29, 1.82) is 0 Å². The van der Waals surface area contributed by atoms with Crippen molar-refractivity contribution in [2.24, 2.45) is 0 Å². The Bertz CT molecular complexity index is 352. The first kappa shape index (κ1) is 9.42. The van der Waals surface area contributed by atoms with Crippen molar-refractivity contribution >= 4 is 22.0 Å². The van der Waals surface area contributed by atoms with Gasteiger partial charge >= 0.3 is 5.00 Å². The maximum atomic E-state index is 10.6. The maximum absolute atomic E-state index is 10.6. The van der Waals surface area contributed by atoms with Crippen LogP contribution in [0.5, 0.6) is 0 Å². The maximum Gasteiger partial charge on any atom is 0.347 e. The monoisotopic (exact) mass is 214 g/mol. The molecule has 0 spiro atoms. The Kier molecular flexibility index (Phi) is 2.39. The highest BCUT2D eigenvalue weighted by Crippen LogP contribution is 2.35. The molecule has 2 rings (SSSR count). The zero-order valence-corrected chi connectivity index (χ0v) is 8.24. The lowest BCUT2D eigenvalue weighted by Crippen LogP contribution is -2.21. The minimum absolute atomic E-state index is 0.166. The minimum atomic E-state index is -0.370. The second-order valence-corrected chi connectivity index (χ2v) is 4.15. The van der Waals surface area contributed by atoms with Gasteiger partial charge in [0.2, 0.25) is 0 Å². The molecule has 0 unspecified atom stereocenters. The summed E-state index contributed by atoms with van der Waals surface area (Å²) in [7, 11) is 0. The Morgan fingerprint density at radius 3 is 3.07 bits per heavy atom. The second-order valence-electron chi connectivity index (χ2n) is 3.26. The van der Waals surface area contributed by atoms with Crippen LogP contribution in [0.4, 0.5) is 10.7 Å². The van der Waals surface area contributed by atoms with Gasteiger partial charge in [0, 0.05) is 13.1 Å². The van der Waals surface area contributed by atoms with Gasteiger partial charge in [0.25, 0.3) is 0 Å². The number of nitrogens with zero attached hydrogens (tertiary/aromatic N) is 2. The molecule has 6 heteroatoms. The summed E-state index contributed by atoms with van der Waals surface area (Å²) in [6.45, 7) is 1.19. The number of thiophene rings is 1. The number of anilines is 1. The smallest absolute Gasteiger partial charge is 0.347 e. The molecule has 2 heterocycles. The van der Waals surface area contributed by atoms with Crippen LogP contribution < -0.4 is 4.90 Å². The van der Waals surface area contributed by atoms with Gasteiger partial charge in [-0.1, -0.05) is 11.3 Å². The highest BCUT2D eigenvalue weighted by Gasteiger charge is 2.27. The number of hydrogen-bond acceptors (Lipinski definition) is 5. The SMILES string of the molecule is O=[N+]([O-])c1sccc1N1CC[C@H](O)C1. The summed E-state index contributed by atoms with van der Waals surface area (Å²) >= 11 is 1.12. The van der Waals surface area contributed by atoms with Crippen LogP contribution in [0.15, 0.2) is 11.4 Å². The quantitative estimate of drug-likeness (QED) is 0.594. The van der Waals surface area contributed by atoms with Crippen LogP contribution in [0.2, 0.25) is 0 Å². The molecule has 0 amide bonds. The van der Waals surface area contributed by atoms with E-state index in [9.17, 15) is 15.2 Å². The molecule has 0 bridgehead atoms. The highest BCUT2D eigenvalue weighted by atomic mass is 32.1. The van der Waals surface area contributed by atoms with Crippen LogP contribution >= 0.6 is 11.3 Å². The van der Waals surface area contributed by atoms with Gasteiger partial charge in [-0.25, -0.2) is 0 Å². The van der Waals surface area contributed by atoms with Crippen molar-refractivity contribution in [2.75, 3.05) is 18.0 Å². The number of β-amino-alcohol motifs (C(OH)–C–C–N with tert-alkyl or cyclic N) is 1. The molecule has 0 saturated carbocycles. The van der Waals surface area contributed by atoms with Crippen molar-refractivity contribution in [2.45, 2.75) is 12.5 Å². The van der Waals surface area contributed by atoms with E-state index < -0.39 is 0 Å². The summed E-state index contributed by atoms with van der Waals surface area (Å²) in [6, 6.07) is 1.74. The summed E-state index contributed by atoms with van der Waals surface area (Å²) in [4.78, 5) is 12.1. The first-order valence-electron chi connectivity index (χ1n) is 4.33. The van der Waals surface area contributed by atoms with E-state index in [0.29, 0.717) is 25.2 Å². The third-order valence-corrected chi connectivity index (χ3v) is 3.15. The van der Waals surface area contributed by atoms with E-state index in [1.807, 2.05) is 4.90 Å². The number of aliphatic hydroxyl groups is 1. The van der Waals surface area contributed by atoms with E-state index in [1.54, 1.807) is 11.4 Å². The van der Waals surface area contributed by atoms with Crippen LogP contribution in [-0.4, -0.2) is 29.2 Å². The summed E-state index contributed by atoms with van der Waals surface area (Å²) in [5.41, 5.74) is 0.636. The molecule has 5 nitrogen and oxygen atoms in total. The molecule has 1 atom stereocenters. The Hall–Kier alpha value is -1.14. The third-order valence-electron chi connectivity index (χ3n) is 2.29. The number of nitro groups is 1. The predicted molar refractivity (Wildman–Crippen MR) is 53.8 cm³/mol. The van der Waals surface area contributed by atoms with Crippen LogP contribution in [0.3, 0.4) is 0 Å². The van der Waals surface area contributed by atoms with Gasteiger partial charge in [0.05, 0.1) is 11.0 Å². The van der Waals surface area contributed by atoms with Crippen molar-refractivity contribution < 1.29 is 10.0 Å². The van der Waals surface area contributed by atoms with Gasteiger partial charge in [-0.05, 0) is 17.9 Å². The molecule has 1 aromatic rings. The lowest BCUT2D eigenvalue weighted by atomic mass is 10.3. The van der Waals surface area contributed by atoms with E-state index in [4.69, 9.17) is 0 Å². The summed E-state index contributed by atoms with van der Waals surface area (Å²) in [5.74, 6) is 0. The normalized spacial score (nSPS) is 21.5. The molecular formula is C8H10N2O3S. The highest BCUT2D eigenvalue weighted by molar-refractivity contribution is 7.14. The lowest BCUT2D eigenvalue weighted by Gasteiger charge is -2.14. The molecule has 0 aromatic carbocycles. The third kappa shape index (κ3) is 1.58. The van der Waals surface area contributed by atoms with E-state index in [0.717, 1.165) is 11.3 Å². The van der Waals surface area contributed by atoms with Crippen molar-refractivity contribution in [3.05, 3.63) is 21.6 Å². The van der Waals surface area contributed by atoms with Crippen LogP contribution in [-0.2, 0) is 0 Å². The second kappa shape index (κ2) is 3.55. The average Bonchev–Trinajstić information content (AvgIpc) is 2.70. The predicted octanol–water partition coefficient (Wildman–Crippen LogP) is 1.23. The molecule has 1 N–H and O–H groups in total. The summed E-state index contributed by atoms with van der Waals surface area (Å²) < 4.78 is 0. The van der Waals surface area contributed by atoms with Crippen molar-refractivity contribution in [3.8, 4) is 0 Å². The van der Waals surface area contributed by atoms with Gasteiger partial charge in [-0.3, -0.25) is 10.1 Å². The average molecular weight is 214 g/mol. The largest absolute Gasteiger partial charge is 0.391 e. The molecule has 1 aliphatic heterocycles. The van der Waals surface area contributed by atoms with E-state index in [1.165, 1.54) is 0 Å². The van der Waals surface area contributed by atoms with Crippen LogP contribution in [0, 0.1) is 10.1 Å². The van der Waals surface area contributed by atoms with E-state index in [-0.39, 0.29) is 16.0 Å². The topological polar surface area (TPSA) is 66.6 Å². The van der Waals surface area contributed by atoms with Gasteiger partial charge in [0.15, 0.2) is 0 Å². The molecular weight excluding hydrogens is 204 g/mol. The molecule has 1 fully saturated rings. The zero-order valence-electron chi connectivity index (χ0n) is 7.42. The van der Waals surface area contributed by atoms with Gasteiger partial charge in [0.1, 0.15) is 5.69 Å². The Morgan fingerprint density at radius 1 is 1.71 bits per heavy atom. The van der Waals surface area contributed by atoms with Crippen LogP contribution in [0.1, 0.15) is 6.42 Å². The molecule has 14 heavy (non-hydrogen) atoms. The molecule has 76 valence electrons. The van der Waals surface area contributed by atoms with Crippen LogP contribution in [0.25, 0.3) is 0 Å². The van der Waals surface area contributed by atoms with Crippen molar-refractivity contribution in [1.82, 2.24) is 0 Å². The standard InChI is InChI=1S/C8H10N2O3S/c11-6-1-3-9(5-6)7-2-4-14-8(7)10(12)13/h2,4,6,11H,1,3,5H2/t6-/m0/s1. The first-order chi connectivity index (χ1) is 6.68. The van der Waals surface area contributed by atoms with Gasteiger partial charge in [-0.15, -0.1) is 0 Å². The molecule has 1 saturated heterocycles. The van der Waals surface area contributed by atoms with Gasteiger partial charge < -0.3 is 10.0 Å². The minimum Gasteiger partial charge on any atom is -0.391 e. The first-order valence-corrected chi connectivity index (χ1v) is 5.21. The lowest BCUT2D eigenvalue weighted by molar-refractivity contribution is -0.379. The Balaban J connectivity index is 2.23. The summed E-state index contributed by atoms with van der Waals surface area (Å²) in [6.07, 6.45) is 0.335. The zero-order chi connectivity index (χ0) is 10.1. The van der Waals surface area contributed by atoms with E-state index in [2.05, 4.69) is 0 Å². The summed E-state index contributed by atoms with van der Waals surface area (Å²) in [5, 5.41) is 21.8. The number of rotatable bonds is 2. The van der Waals surface area contributed by atoms with Crippen molar-refractivity contribution in [3.63, 3.8) is 0 Å².